The van der Waals surface area contributed by atoms with Crippen molar-refractivity contribution < 1.29 is 26.3 Å². The van der Waals surface area contributed by atoms with Gasteiger partial charge in [-0.2, -0.15) is 26.3 Å². The van der Waals surface area contributed by atoms with E-state index < -0.39 is 23.5 Å². The van der Waals surface area contributed by atoms with Gasteiger partial charge in [0.2, 0.25) is 0 Å². The molecule has 0 aliphatic rings. The molecule has 12 aromatic rings. The first-order valence-corrected chi connectivity index (χ1v) is 24.4. The molecule has 8 heteroatoms. The third kappa shape index (κ3) is 8.20. The minimum Gasteiger partial charge on any atom is -0.309 e. The molecule has 0 bridgehead atoms. The first kappa shape index (κ1) is 46.5. The Bertz CT molecular complexity index is 3710. The largest absolute Gasteiger partial charge is 0.416 e. The van der Waals surface area contributed by atoms with Crippen LogP contribution in [0.1, 0.15) is 33.4 Å². The van der Waals surface area contributed by atoms with Gasteiger partial charge < -0.3 is 9.13 Å². The second-order valence-corrected chi connectivity index (χ2v) is 19.5. The number of aryl methyl sites for hydroxylation is 4. The number of halogens is 6. The van der Waals surface area contributed by atoms with Crippen LogP contribution < -0.4 is 0 Å². The van der Waals surface area contributed by atoms with Crippen molar-refractivity contribution in [2.75, 3.05) is 0 Å². The highest BCUT2D eigenvalue weighted by molar-refractivity contribution is 6.14. The zero-order valence-electron chi connectivity index (χ0n) is 40.8. The van der Waals surface area contributed by atoms with Crippen molar-refractivity contribution in [1.29, 1.82) is 0 Å². The van der Waals surface area contributed by atoms with Gasteiger partial charge >= 0.3 is 12.4 Å². The van der Waals surface area contributed by atoms with Crippen molar-refractivity contribution in [2.24, 2.45) is 0 Å². The van der Waals surface area contributed by atoms with Crippen LogP contribution in [0.3, 0.4) is 0 Å². The summed E-state index contributed by atoms with van der Waals surface area (Å²) in [5.74, 6) is 0. The normalized spacial score (nSPS) is 12.2. The minimum absolute atomic E-state index is 0.0721. The molecule has 0 saturated heterocycles. The molecular formula is C66H46F6N2. The number of fused-ring (bicyclic) bond motifs is 6. The van der Waals surface area contributed by atoms with Crippen LogP contribution >= 0.6 is 0 Å². The fourth-order valence-corrected chi connectivity index (χ4v) is 10.5. The Hall–Kier alpha value is -8.62. The molecule has 362 valence electrons. The highest BCUT2D eigenvalue weighted by Gasteiger charge is 2.36. The number of benzene rings is 10. The van der Waals surface area contributed by atoms with Crippen LogP contribution in [0.15, 0.2) is 206 Å². The van der Waals surface area contributed by atoms with E-state index in [1.807, 2.05) is 173 Å². The second kappa shape index (κ2) is 17.6. The SMILES string of the molecule is Cc1ccc(-c2ccc3c(c2)c2cc(-c4ccc(C)cc4)ccc2n3-c2cc(C(F)(F)F)cc(-n3c4ccc(-c5ccc(C)cc5)cc4c4cc(-c5ccc(C)cc5)ccc43)c2-c2cccc(C(F)(F)F)c2)cc1. The van der Waals surface area contributed by atoms with Gasteiger partial charge in [0.1, 0.15) is 0 Å². The molecule has 74 heavy (non-hydrogen) atoms. The Labute approximate surface area is 424 Å². The average Bonchev–Trinajstić information content (AvgIpc) is 3.91. The molecule has 0 amide bonds. The van der Waals surface area contributed by atoms with Gasteiger partial charge in [0.05, 0.1) is 44.6 Å². The Morgan fingerprint density at radius 2 is 0.554 bits per heavy atom. The fraction of sp³-hybridized carbons (Fsp3) is 0.0909. The number of alkyl halides is 6. The van der Waals surface area contributed by atoms with E-state index in [1.165, 1.54) is 6.07 Å². The van der Waals surface area contributed by atoms with Crippen LogP contribution in [0.25, 0.3) is 111 Å². The highest BCUT2D eigenvalue weighted by Crippen LogP contribution is 2.48. The summed E-state index contributed by atoms with van der Waals surface area (Å²) in [5.41, 5.74) is 12.7. The van der Waals surface area contributed by atoms with E-state index in [1.54, 1.807) is 15.2 Å². The molecule has 2 nitrogen and oxygen atoms in total. The van der Waals surface area contributed by atoms with Crippen molar-refractivity contribution in [3.8, 4) is 67.0 Å². The van der Waals surface area contributed by atoms with E-state index in [0.717, 1.165) is 113 Å². The molecule has 0 unspecified atom stereocenters. The van der Waals surface area contributed by atoms with Crippen molar-refractivity contribution in [1.82, 2.24) is 9.13 Å². The summed E-state index contributed by atoms with van der Waals surface area (Å²) >= 11 is 0. The van der Waals surface area contributed by atoms with Crippen LogP contribution in [0, 0.1) is 27.7 Å². The molecular weight excluding hydrogens is 935 g/mol. The van der Waals surface area contributed by atoms with Crippen molar-refractivity contribution in [3.63, 3.8) is 0 Å². The topological polar surface area (TPSA) is 9.86 Å². The molecule has 0 atom stereocenters. The molecule has 2 heterocycles. The molecule has 2 aromatic heterocycles. The number of nitrogens with zero attached hydrogens (tertiary/aromatic N) is 2. The predicted molar refractivity (Wildman–Crippen MR) is 291 cm³/mol. The number of hydrogen-bond acceptors (Lipinski definition) is 0. The van der Waals surface area contributed by atoms with Crippen LogP contribution in [0.2, 0.25) is 0 Å². The lowest BCUT2D eigenvalue weighted by Crippen LogP contribution is -2.11. The Morgan fingerprint density at radius 1 is 0.270 bits per heavy atom. The average molecular weight is 981 g/mol. The quantitative estimate of drug-likeness (QED) is 0.141. The van der Waals surface area contributed by atoms with Gasteiger partial charge in [0.25, 0.3) is 0 Å². The van der Waals surface area contributed by atoms with E-state index in [-0.39, 0.29) is 22.5 Å². The third-order valence-electron chi connectivity index (χ3n) is 14.5. The lowest BCUT2D eigenvalue weighted by atomic mass is 9.96. The van der Waals surface area contributed by atoms with E-state index >= 15 is 13.2 Å². The van der Waals surface area contributed by atoms with Gasteiger partial charge in [-0.15, -0.1) is 0 Å². The maximum atomic E-state index is 16.0. The summed E-state index contributed by atoms with van der Waals surface area (Å²) in [5, 5.41) is 3.07. The fourth-order valence-electron chi connectivity index (χ4n) is 10.5. The smallest absolute Gasteiger partial charge is 0.309 e. The van der Waals surface area contributed by atoms with Gasteiger partial charge in [-0.05, 0) is 151 Å². The maximum absolute atomic E-state index is 16.0. The Balaban J connectivity index is 1.22. The van der Waals surface area contributed by atoms with Crippen molar-refractivity contribution in [3.05, 3.63) is 240 Å². The first-order valence-electron chi connectivity index (χ1n) is 24.4. The summed E-state index contributed by atoms with van der Waals surface area (Å²) in [7, 11) is 0. The van der Waals surface area contributed by atoms with Gasteiger partial charge in [-0.25, -0.2) is 0 Å². The monoisotopic (exact) mass is 980 g/mol. The van der Waals surface area contributed by atoms with Crippen LogP contribution in [-0.2, 0) is 12.4 Å². The molecule has 0 N–H and O–H groups in total. The summed E-state index contributed by atoms with van der Waals surface area (Å²) in [6, 6.07) is 63.3. The van der Waals surface area contributed by atoms with Gasteiger partial charge in [-0.3, -0.25) is 0 Å². The molecule has 0 aliphatic carbocycles. The molecule has 10 aromatic carbocycles. The van der Waals surface area contributed by atoms with Crippen molar-refractivity contribution >= 4 is 43.6 Å². The second-order valence-electron chi connectivity index (χ2n) is 19.5. The molecule has 0 radical (unpaired) electrons. The van der Waals surface area contributed by atoms with Gasteiger partial charge in [0, 0.05) is 27.1 Å². The molecule has 0 spiro atoms. The highest BCUT2D eigenvalue weighted by atomic mass is 19.4. The maximum Gasteiger partial charge on any atom is 0.416 e. The molecule has 0 aliphatic heterocycles. The minimum atomic E-state index is -4.87. The zero-order valence-corrected chi connectivity index (χ0v) is 40.8. The van der Waals surface area contributed by atoms with Crippen molar-refractivity contribution in [2.45, 2.75) is 40.0 Å². The zero-order chi connectivity index (χ0) is 51.2. The standard InChI is InChI=1S/C66H46F6N2/c1-39-8-16-43(17-9-39)47-24-28-58-54(33-47)55-34-48(44-18-10-40(2)11-19-44)25-29-59(55)73(58)62-37-53(66(70,71)72)38-63(64(62)51-6-5-7-52(32-51)65(67,68)69)74-60-30-26-49(45-20-12-41(3)13-21-45)35-56(60)57-36-50(27-31-61(57)74)46-22-14-42(4)15-23-46/h5-38H,1-4H3. The Kier molecular flexibility index (Phi) is 11.0. The lowest BCUT2D eigenvalue weighted by Gasteiger charge is -2.23. The van der Waals surface area contributed by atoms with E-state index in [4.69, 9.17) is 0 Å². The Morgan fingerprint density at radius 3 is 0.838 bits per heavy atom. The summed E-state index contributed by atoms with van der Waals surface area (Å²) in [4.78, 5) is 0. The number of hydrogen-bond donors (Lipinski definition) is 0. The molecule has 0 fully saturated rings. The van der Waals surface area contributed by atoms with Crippen LogP contribution in [-0.4, -0.2) is 9.13 Å². The molecule has 0 saturated carbocycles. The van der Waals surface area contributed by atoms with E-state index in [0.29, 0.717) is 22.1 Å². The predicted octanol–water partition coefficient (Wildman–Crippen LogP) is 19.5. The summed E-state index contributed by atoms with van der Waals surface area (Å²) in [6.45, 7) is 8.07. The van der Waals surface area contributed by atoms with Gasteiger partial charge in [0.15, 0.2) is 0 Å². The number of aromatic nitrogens is 2. The van der Waals surface area contributed by atoms with E-state index in [9.17, 15) is 13.2 Å². The third-order valence-corrected chi connectivity index (χ3v) is 14.5. The van der Waals surface area contributed by atoms with Gasteiger partial charge in [-0.1, -0.05) is 156 Å². The van der Waals surface area contributed by atoms with E-state index in [2.05, 4.69) is 24.3 Å². The lowest BCUT2D eigenvalue weighted by molar-refractivity contribution is -0.138. The number of rotatable bonds is 7. The molecule has 12 rings (SSSR count). The summed E-state index contributed by atoms with van der Waals surface area (Å²) in [6.07, 6.45) is -9.62. The first-order chi connectivity index (χ1) is 35.6. The van der Waals surface area contributed by atoms with Crippen LogP contribution in [0.4, 0.5) is 26.3 Å². The summed E-state index contributed by atoms with van der Waals surface area (Å²) < 4.78 is 96.2. The van der Waals surface area contributed by atoms with Crippen LogP contribution in [0.5, 0.6) is 0 Å².